The Balaban J connectivity index is 2.35. The third-order valence-corrected chi connectivity index (χ3v) is 4.27. The van der Waals surface area contributed by atoms with E-state index in [1.165, 1.54) is 14.1 Å². The molecule has 1 aromatic heterocycles. The van der Waals surface area contributed by atoms with Crippen LogP contribution in [0.1, 0.15) is 22.8 Å². The van der Waals surface area contributed by atoms with E-state index in [1.54, 1.807) is 14.0 Å². The highest BCUT2D eigenvalue weighted by Crippen LogP contribution is 2.12. The van der Waals surface area contributed by atoms with Crippen LogP contribution in [0.3, 0.4) is 0 Å². The lowest BCUT2D eigenvalue weighted by Crippen LogP contribution is -2.45. The summed E-state index contributed by atoms with van der Waals surface area (Å²) in [5.41, 5.74) is 5.54. The van der Waals surface area contributed by atoms with E-state index in [2.05, 4.69) is 0 Å². The molecule has 2 aromatic rings. The number of nitrogen functional groups attached to an aromatic ring is 1. The molecule has 0 saturated carbocycles. The van der Waals surface area contributed by atoms with E-state index in [0.29, 0.717) is 6.54 Å². The molecule has 2 N–H and O–H groups in total. The number of anilines is 1. The zero-order valence-electron chi connectivity index (χ0n) is 14.3. The summed E-state index contributed by atoms with van der Waals surface area (Å²) in [5, 5.41) is 0. The fraction of sp³-hybridized carbons (Fsp3) is 0.353. The lowest BCUT2D eigenvalue weighted by molar-refractivity contribution is 0.0860. The smallest absolute Gasteiger partial charge is 0.332 e. The predicted molar refractivity (Wildman–Crippen MR) is 93.0 cm³/mol. The van der Waals surface area contributed by atoms with Crippen LogP contribution >= 0.6 is 0 Å². The summed E-state index contributed by atoms with van der Waals surface area (Å²) in [6.45, 7) is 2.27. The zero-order chi connectivity index (χ0) is 18.0. The lowest BCUT2D eigenvalue weighted by Gasteiger charge is -2.24. The maximum atomic E-state index is 12.8. The van der Waals surface area contributed by atoms with Gasteiger partial charge in [-0.05, 0) is 19.5 Å². The number of hydrogen-bond acceptors (Lipinski definition) is 5. The molecule has 0 aliphatic carbocycles. The van der Waals surface area contributed by atoms with Gasteiger partial charge in [-0.3, -0.25) is 23.6 Å². The van der Waals surface area contributed by atoms with Crippen LogP contribution in [0, 0.1) is 0 Å². The van der Waals surface area contributed by atoms with Gasteiger partial charge < -0.3 is 5.73 Å². The Kier molecular flexibility index (Phi) is 5.04. The molecule has 7 heteroatoms. The standard InChI is InChI=1S/C17H22N4O3/c1-11(19(2)10-12-8-6-5-7-9-12)14(22)13-15(18)20(3)17(24)21(4)16(13)23/h5-9,11H,10,18H2,1-4H3/t11-/m1/s1. The summed E-state index contributed by atoms with van der Waals surface area (Å²) in [6, 6.07) is 9.15. The first-order valence-corrected chi connectivity index (χ1v) is 7.59. The van der Waals surface area contributed by atoms with Crippen molar-refractivity contribution in [2.24, 2.45) is 14.1 Å². The van der Waals surface area contributed by atoms with Crippen molar-refractivity contribution in [2.75, 3.05) is 12.8 Å². The Morgan fingerprint density at radius 1 is 1.17 bits per heavy atom. The number of carbonyl (C=O) groups excluding carboxylic acids is 1. The maximum absolute atomic E-state index is 12.8. The molecule has 1 aromatic carbocycles. The van der Waals surface area contributed by atoms with Gasteiger partial charge in [0.1, 0.15) is 11.4 Å². The Labute approximate surface area is 139 Å². The van der Waals surface area contributed by atoms with Crippen molar-refractivity contribution in [1.29, 1.82) is 0 Å². The summed E-state index contributed by atoms with van der Waals surface area (Å²) in [5.74, 6) is -0.504. The van der Waals surface area contributed by atoms with Crippen molar-refractivity contribution in [1.82, 2.24) is 14.0 Å². The van der Waals surface area contributed by atoms with Crippen LogP contribution in [0.2, 0.25) is 0 Å². The van der Waals surface area contributed by atoms with E-state index < -0.39 is 23.1 Å². The van der Waals surface area contributed by atoms with E-state index in [1.807, 2.05) is 35.2 Å². The van der Waals surface area contributed by atoms with Crippen LogP contribution < -0.4 is 17.0 Å². The van der Waals surface area contributed by atoms with E-state index in [0.717, 1.165) is 14.7 Å². The minimum Gasteiger partial charge on any atom is -0.384 e. The van der Waals surface area contributed by atoms with Crippen LogP contribution in [0.25, 0.3) is 0 Å². The molecule has 0 unspecified atom stereocenters. The van der Waals surface area contributed by atoms with Gasteiger partial charge in [0.25, 0.3) is 5.56 Å². The molecule has 0 fully saturated rings. The predicted octanol–water partition coefficient (Wildman–Crippen LogP) is 0.369. The van der Waals surface area contributed by atoms with E-state index >= 15 is 0 Å². The second-order valence-electron chi connectivity index (χ2n) is 5.91. The Bertz CT molecular complexity index is 868. The summed E-state index contributed by atoms with van der Waals surface area (Å²) in [6.07, 6.45) is 0. The van der Waals surface area contributed by atoms with Crippen molar-refractivity contribution in [3.63, 3.8) is 0 Å². The van der Waals surface area contributed by atoms with Crippen LogP contribution in [0.4, 0.5) is 5.82 Å². The maximum Gasteiger partial charge on any atom is 0.332 e. The number of benzene rings is 1. The lowest BCUT2D eigenvalue weighted by atomic mass is 10.1. The van der Waals surface area contributed by atoms with Gasteiger partial charge in [0, 0.05) is 20.6 Å². The van der Waals surface area contributed by atoms with Gasteiger partial charge in [0.05, 0.1) is 6.04 Å². The minimum atomic E-state index is -0.666. The van der Waals surface area contributed by atoms with Crippen LogP contribution in [0.5, 0.6) is 0 Å². The SMILES string of the molecule is C[C@H](C(=O)c1c(N)n(C)c(=O)n(C)c1=O)N(C)Cc1ccccc1. The van der Waals surface area contributed by atoms with Gasteiger partial charge in [-0.25, -0.2) is 4.79 Å². The van der Waals surface area contributed by atoms with Crippen LogP contribution in [-0.4, -0.2) is 32.9 Å². The number of ketones is 1. The quantitative estimate of drug-likeness (QED) is 0.800. The number of aromatic nitrogens is 2. The van der Waals surface area contributed by atoms with Crippen molar-refractivity contribution in [2.45, 2.75) is 19.5 Å². The molecule has 2 rings (SSSR count). The Morgan fingerprint density at radius 3 is 2.33 bits per heavy atom. The average Bonchev–Trinajstić information content (AvgIpc) is 2.58. The summed E-state index contributed by atoms with van der Waals surface area (Å²) in [4.78, 5) is 38.8. The summed E-state index contributed by atoms with van der Waals surface area (Å²) < 4.78 is 2.01. The normalized spacial score (nSPS) is 12.4. The first-order chi connectivity index (χ1) is 11.3. The first kappa shape index (κ1) is 17.7. The number of likely N-dealkylation sites (N-methyl/N-ethyl adjacent to an activating group) is 1. The number of hydrogen-bond donors (Lipinski definition) is 1. The van der Waals surface area contributed by atoms with Gasteiger partial charge in [0.15, 0.2) is 5.78 Å². The minimum absolute atomic E-state index is 0.104. The molecule has 0 aliphatic heterocycles. The van der Waals surface area contributed by atoms with Crippen molar-refractivity contribution in [3.05, 3.63) is 62.3 Å². The Hall–Kier alpha value is -2.67. The van der Waals surface area contributed by atoms with Gasteiger partial charge in [0.2, 0.25) is 0 Å². The molecular formula is C17H22N4O3. The molecule has 0 saturated heterocycles. The molecular weight excluding hydrogens is 308 g/mol. The number of carbonyl (C=O) groups is 1. The van der Waals surface area contributed by atoms with Crippen molar-refractivity contribution < 1.29 is 4.79 Å². The monoisotopic (exact) mass is 330 g/mol. The highest BCUT2D eigenvalue weighted by molar-refractivity contribution is 6.03. The molecule has 1 heterocycles. The molecule has 7 nitrogen and oxygen atoms in total. The second-order valence-corrected chi connectivity index (χ2v) is 5.91. The molecule has 128 valence electrons. The number of Topliss-reactive ketones (excluding diaryl/α,β-unsaturated/α-hetero) is 1. The van der Waals surface area contributed by atoms with E-state index in [-0.39, 0.29) is 11.4 Å². The highest BCUT2D eigenvalue weighted by atomic mass is 16.2. The summed E-state index contributed by atoms with van der Waals surface area (Å²) >= 11 is 0. The van der Waals surface area contributed by atoms with E-state index in [9.17, 15) is 14.4 Å². The highest BCUT2D eigenvalue weighted by Gasteiger charge is 2.27. The van der Waals surface area contributed by atoms with Gasteiger partial charge >= 0.3 is 5.69 Å². The third kappa shape index (κ3) is 3.16. The van der Waals surface area contributed by atoms with Gasteiger partial charge in [-0.2, -0.15) is 0 Å². The number of nitrogens with zero attached hydrogens (tertiary/aromatic N) is 3. The van der Waals surface area contributed by atoms with Crippen molar-refractivity contribution >= 4 is 11.6 Å². The molecule has 0 spiro atoms. The second kappa shape index (κ2) is 6.84. The first-order valence-electron chi connectivity index (χ1n) is 7.59. The average molecular weight is 330 g/mol. The molecule has 24 heavy (non-hydrogen) atoms. The molecule has 0 radical (unpaired) electrons. The largest absolute Gasteiger partial charge is 0.384 e. The Morgan fingerprint density at radius 2 is 1.75 bits per heavy atom. The third-order valence-electron chi connectivity index (χ3n) is 4.27. The molecule has 0 bridgehead atoms. The van der Waals surface area contributed by atoms with Gasteiger partial charge in [-0.15, -0.1) is 0 Å². The van der Waals surface area contributed by atoms with E-state index in [4.69, 9.17) is 5.73 Å². The summed E-state index contributed by atoms with van der Waals surface area (Å²) in [7, 11) is 4.57. The van der Waals surface area contributed by atoms with Gasteiger partial charge in [-0.1, -0.05) is 30.3 Å². The molecule has 1 atom stereocenters. The topological polar surface area (TPSA) is 90.3 Å². The fourth-order valence-electron chi connectivity index (χ4n) is 2.51. The molecule has 0 amide bonds. The van der Waals surface area contributed by atoms with Crippen molar-refractivity contribution in [3.8, 4) is 0 Å². The van der Waals surface area contributed by atoms with Crippen LogP contribution in [-0.2, 0) is 20.6 Å². The zero-order valence-corrected chi connectivity index (χ0v) is 14.3. The van der Waals surface area contributed by atoms with Crippen LogP contribution in [0.15, 0.2) is 39.9 Å². The molecule has 0 aliphatic rings. The number of nitrogens with two attached hydrogens (primary N) is 1. The fourth-order valence-corrected chi connectivity index (χ4v) is 2.51. The number of rotatable bonds is 5.